The molecule has 1 aromatic carbocycles. The van der Waals surface area contributed by atoms with Crippen molar-refractivity contribution in [3.8, 4) is 0 Å². The zero-order valence-corrected chi connectivity index (χ0v) is 11.3. The van der Waals surface area contributed by atoms with E-state index in [0.29, 0.717) is 23.8 Å². The second-order valence-corrected chi connectivity index (χ2v) is 4.41. The highest BCUT2D eigenvalue weighted by molar-refractivity contribution is 5.71. The smallest absolute Gasteiger partial charge is 0.180 e. The van der Waals surface area contributed by atoms with Crippen molar-refractivity contribution in [1.29, 1.82) is 0 Å². The summed E-state index contributed by atoms with van der Waals surface area (Å²) in [5.41, 5.74) is 0.697. The summed E-state index contributed by atoms with van der Waals surface area (Å²) in [5.74, 6) is -0.286. The first-order chi connectivity index (χ1) is 10.2. The van der Waals surface area contributed by atoms with Gasteiger partial charge in [-0.3, -0.25) is 0 Å². The van der Waals surface area contributed by atoms with Crippen molar-refractivity contribution in [2.75, 3.05) is 17.2 Å². The average molecular weight is 289 g/mol. The van der Waals surface area contributed by atoms with E-state index in [1.165, 1.54) is 12.1 Å². The monoisotopic (exact) mass is 289 g/mol. The SMILES string of the molecule is CCNc1cn2ccnc2c(Nc2ccc(F)cc2F)n1. The van der Waals surface area contributed by atoms with E-state index >= 15 is 0 Å². The van der Waals surface area contributed by atoms with Crippen LogP contribution in [0.25, 0.3) is 5.65 Å². The number of halogens is 2. The van der Waals surface area contributed by atoms with Crippen LogP contribution in [0, 0.1) is 11.6 Å². The summed E-state index contributed by atoms with van der Waals surface area (Å²) < 4.78 is 28.5. The molecule has 0 fully saturated rings. The molecule has 0 saturated carbocycles. The quantitative estimate of drug-likeness (QED) is 0.774. The Morgan fingerprint density at radius 2 is 2.14 bits per heavy atom. The van der Waals surface area contributed by atoms with E-state index in [0.717, 1.165) is 6.07 Å². The van der Waals surface area contributed by atoms with Crippen LogP contribution < -0.4 is 10.6 Å². The summed E-state index contributed by atoms with van der Waals surface area (Å²) in [5, 5.41) is 5.94. The van der Waals surface area contributed by atoms with Crippen molar-refractivity contribution in [1.82, 2.24) is 14.4 Å². The van der Waals surface area contributed by atoms with E-state index in [1.807, 2.05) is 6.92 Å². The normalized spacial score (nSPS) is 10.8. The van der Waals surface area contributed by atoms with Gasteiger partial charge in [0.2, 0.25) is 0 Å². The summed E-state index contributed by atoms with van der Waals surface area (Å²) in [6.07, 6.45) is 5.18. The molecule has 7 heteroatoms. The molecule has 3 rings (SSSR count). The van der Waals surface area contributed by atoms with E-state index in [-0.39, 0.29) is 5.69 Å². The maximum Gasteiger partial charge on any atom is 0.180 e. The van der Waals surface area contributed by atoms with E-state index in [9.17, 15) is 8.78 Å². The first kappa shape index (κ1) is 13.3. The molecule has 0 radical (unpaired) electrons. The van der Waals surface area contributed by atoms with Gasteiger partial charge in [0.25, 0.3) is 0 Å². The molecule has 21 heavy (non-hydrogen) atoms. The molecule has 0 unspecified atom stereocenters. The number of nitrogens with one attached hydrogen (secondary N) is 2. The van der Waals surface area contributed by atoms with Crippen LogP contribution in [0.1, 0.15) is 6.92 Å². The van der Waals surface area contributed by atoms with E-state index < -0.39 is 11.6 Å². The van der Waals surface area contributed by atoms with Crippen LogP contribution in [0.3, 0.4) is 0 Å². The number of benzene rings is 1. The van der Waals surface area contributed by atoms with Gasteiger partial charge in [-0.25, -0.2) is 18.7 Å². The third kappa shape index (κ3) is 2.62. The molecule has 3 aromatic rings. The fraction of sp³-hybridized carbons (Fsp3) is 0.143. The average Bonchev–Trinajstić information content (AvgIpc) is 2.91. The topological polar surface area (TPSA) is 54.2 Å². The molecule has 0 amide bonds. The lowest BCUT2D eigenvalue weighted by Crippen LogP contribution is -2.05. The van der Waals surface area contributed by atoms with E-state index in [2.05, 4.69) is 20.6 Å². The predicted molar refractivity (Wildman–Crippen MR) is 76.8 cm³/mol. The van der Waals surface area contributed by atoms with Gasteiger partial charge in [0, 0.05) is 25.0 Å². The lowest BCUT2D eigenvalue weighted by Gasteiger charge is -2.10. The fourth-order valence-electron chi connectivity index (χ4n) is 2.00. The van der Waals surface area contributed by atoms with Crippen molar-refractivity contribution in [3.63, 3.8) is 0 Å². The maximum absolute atomic E-state index is 13.7. The lowest BCUT2D eigenvalue weighted by molar-refractivity contribution is 0.586. The summed E-state index contributed by atoms with van der Waals surface area (Å²) in [7, 11) is 0. The second kappa shape index (κ2) is 5.35. The zero-order valence-electron chi connectivity index (χ0n) is 11.3. The van der Waals surface area contributed by atoms with Crippen molar-refractivity contribution in [2.45, 2.75) is 6.92 Å². The highest BCUT2D eigenvalue weighted by Crippen LogP contribution is 2.23. The summed E-state index contributed by atoms with van der Waals surface area (Å²) in [6, 6.07) is 3.33. The second-order valence-electron chi connectivity index (χ2n) is 4.41. The minimum Gasteiger partial charge on any atom is -0.369 e. The van der Waals surface area contributed by atoms with Crippen LogP contribution in [0.5, 0.6) is 0 Å². The first-order valence-corrected chi connectivity index (χ1v) is 6.47. The predicted octanol–water partition coefficient (Wildman–Crippen LogP) is 3.18. The Kier molecular flexibility index (Phi) is 3.39. The van der Waals surface area contributed by atoms with Crippen LogP contribution in [-0.2, 0) is 0 Å². The van der Waals surface area contributed by atoms with E-state index in [1.54, 1.807) is 23.0 Å². The third-order valence-corrected chi connectivity index (χ3v) is 2.92. The van der Waals surface area contributed by atoms with Crippen LogP contribution in [0.15, 0.2) is 36.8 Å². The van der Waals surface area contributed by atoms with Gasteiger partial charge in [-0.05, 0) is 19.1 Å². The molecule has 0 aliphatic rings. The van der Waals surface area contributed by atoms with Gasteiger partial charge in [-0.15, -0.1) is 0 Å². The molecule has 108 valence electrons. The first-order valence-electron chi connectivity index (χ1n) is 6.47. The Bertz CT molecular complexity index is 784. The molecule has 2 aromatic heterocycles. The number of aromatic nitrogens is 3. The Morgan fingerprint density at radius 3 is 2.90 bits per heavy atom. The van der Waals surface area contributed by atoms with Crippen LogP contribution in [0.4, 0.5) is 26.1 Å². The van der Waals surface area contributed by atoms with Crippen molar-refractivity contribution >= 4 is 23.0 Å². The molecular weight excluding hydrogens is 276 g/mol. The molecular formula is C14H13F2N5. The molecule has 2 heterocycles. The fourth-order valence-corrected chi connectivity index (χ4v) is 2.00. The molecule has 0 spiro atoms. The molecule has 0 saturated heterocycles. The number of imidazole rings is 1. The van der Waals surface area contributed by atoms with Gasteiger partial charge in [0.05, 0.1) is 11.9 Å². The van der Waals surface area contributed by atoms with Gasteiger partial charge < -0.3 is 15.0 Å². The molecule has 0 atom stereocenters. The number of rotatable bonds is 4. The number of fused-ring (bicyclic) bond motifs is 1. The minimum absolute atomic E-state index is 0.141. The summed E-state index contributed by atoms with van der Waals surface area (Å²) >= 11 is 0. The van der Waals surface area contributed by atoms with Crippen LogP contribution >= 0.6 is 0 Å². The Hall–Kier alpha value is -2.70. The van der Waals surface area contributed by atoms with Gasteiger partial charge in [0.1, 0.15) is 17.5 Å². The number of hydrogen-bond acceptors (Lipinski definition) is 4. The Morgan fingerprint density at radius 1 is 1.29 bits per heavy atom. The zero-order chi connectivity index (χ0) is 14.8. The molecule has 0 bridgehead atoms. The highest BCUT2D eigenvalue weighted by Gasteiger charge is 2.10. The van der Waals surface area contributed by atoms with Crippen molar-refractivity contribution in [2.24, 2.45) is 0 Å². The van der Waals surface area contributed by atoms with E-state index in [4.69, 9.17) is 0 Å². The lowest BCUT2D eigenvalue weighted by atomic mass is 10.3. The Balaban J connectivity index is 2.04. The molecule has 5 nitrogen and oxygen atoms in total. The summed E-state index contributed by atoms with van der Waals surface area (Å²) in [6.45, 7) is 2.66. The van der Waals surface area contributed by atoms with Gasteiger partial charge >= 0.3 is 0 Å². The standard InChI is InChI=1S/C14H13F2N5/c1-2-17-12-8-21-6-5-18-14(21)13(20-12)19-11-4-3-9(15)7-10(11)16/h3-8,17H,2H2,1H3,(H,19,20). The van der Waals surface area contributed by atoms with Gasteiger partial charge in [-0.2, -0.15) is 0 Å². The number of anilines is 3. The third-order valence-electron chi connectivity index (χ3n) is 2.92. The van der Waals surface area contributed by atoms with Gasteiger partial charge in [-0.1, -0.05) is 0 Å². The maximum atomic E-state index is 13.7. The number of hydrogen-bond donors (Lipinski definition) is 2. The highest BCUT2D eigenvalue weighted by atomic mass is 19.1. The largest absolute Gasteiger partial charge is 0.369 e. The number of nitrogens with zero attached hydrogens (tertiary/aromatic N) is 3. The van der Waals surface area contributed by atoms with Crippen LogP contribution in [-0.4, -0.2) is 20.9 Å². The molecule has 0 aliphatic carbocycles. The molecule has 2 N–H and O–H groups in total. The Labute approximate surface area is 119 Å². The van der Waals surface area contributed by atoms with Crippen molar-refractivity contribution in [3.05, 3.63) is 48.4 Å². The summed E-state index contributed by atoms with van der Waals surface area (Å²) in [4.78, 5) is 8.53. The van der Waals surface area contributed by atoms with Crippen molar-refractivity contribution < 1.29 is 8.78 Å². The van der Waals surface area contributed by atoms with Crippen LogP contribution in [0.2, 0.25) is 0 Å². The minimum atomic E-state index is -0.685. The molecule has 0 aliphatic heterocycles. The van der Waals surface area contributed by atoms with Gasteiger partial charge in [0.15, 0.2) is 11.5 Å².